The van der Waals surface area contributed by atoms with Gasteiger partial charge in [-0.3, -0.25) is 4.79 Å². The van der Waals surface area contributed by atoms with Crippen molar-refractivity contribution in [3.8, 4) is 5.75 Å². The van der Waals surface area contributed by atoms with Crippen LogP contribution in [0.5, 0.6) is 5.75 Å². The lowest BCUT2D eigenvalue weighted by atomic mass is 10.2. The van der Waals surface area contributed by atoms with Crippen molar-refractivity contribution in [3.05, 3.63) is 59.4 Å². The molecule has 28 heavy (non-hydrogen) atoms. The van der Waals surface area contributed by atoms with E-state index in [1.807, 2.05) is 24.3 Å². The minimum absolute atomic E-state index is 0.302. The van der Waals surface area contributed by atoms with E-state index in [2.05, 4.69) is 10.3 Å². The van der Waals surface area contributed by atoms with Gasteiger partial charge < -0.3 is 20.3 Å². The van der Waals surface area contributed by atoms with E-state index in [9.17, 15) is 19.4 Å². The molecule has 3 rings (SSSR count). The van der Waals surface area contributed by atoms with E-state index in [4.69, 9.17) is 4.74 Å². The number of aliphatic hydroxyl groups is 2. The summed E-state index contributed by atoms with van der Waals surface area (Å²) in [6.07, 6.45) is -1.65. The molecule has 0 aliphatic heterocycles. The molecule has 0 aliphatic rings. The summed E-state index contributed by atoms with van der Waals surface area (Å²) >= 11 is 1.24. The van der Waals surface area contributed by atoms with Crippen LogP contribution in [0.25, 0.3) is 10.2 Å². The van der Waals surface area contributed by atoms with E-state index in [0.717, 1.165) is 10.2 Å². The number of amides is 1. The molecule has 0 spiro atoms. The maximum Gasteiger partial charge on any atom is 0.252 e. The Balaban J connectivity index is 1.38. The quantitative estimate of drug-likeness (QED) is 0.477. The first-order chi connectivity index (χ1) is 13.5. The number of carbonyl (C=O) groups is 1. The van der Waals surface area contributed by atoms with Crippen molar-refractivity contribution in [2.24, 2.45) is 0 Å². The van der Waals surface area contributed by atoms with Gasteiger partial charge in [0.2, 0.25) is 0 Å². The highest BCUT2D eigenvalue weighted by Crippen LogP contribution is 2.27. The van der Waals surface area contributed by atoms with Gasteiger partial charge in [-0.25, -0.2) is 9.37 Å². The van der Waals surface area contributed by atoms with Gasteiger partial charge in [-0.2, -0.15) is 0 Å². The minimum Gasteiger partial charge on any atom is -0.494 e. The van der Waals surface area contributed by atoms with Crippen LogP contribution in [-0.4, -0.2) is 40.4 Å². The Hall–Kier alpha value is -2.55. The molecule has 3 N–H and O–H groups in total. The summed E-state index contributed by atoms with van der Waals surface area (Å²) in [4.78, 5) is 16.3. The van der Waals surface area contributed by atoms with Crippen LogP contribution < -0.4 is 10.1 Å². The molecule has 0 bridgehead atoms. The molecule has 2 atom stereocenters. The molecule has 0 fully saturated rings. The Kier molecular flexibility index (Phi) is 6.91. The summed E-state index contributed by atoms with van der Waals surface area (Å²) in [7, 11) is 0. The summed E-state index contributed by atoms with van der Waals surface area (Å²) in [5.41, 5.74) is 0.718. The van der Waals surface area contributed by atoms with Gasteiger partial charge >= 0.3 is 0 Å². The first-order valence-corrected chi connectivity index (χ1v) is 9.74. The zero-order valence-electron chi connectivity index (χ0n) is 15.0. The molecule has 3 aromatic rings. The number of nitrogens with one attached hydrogen (secondary N) is 1. The second-order valence-electron chi connectivity index (χ2n) is 6.21. The molecule has 2 unspecified atom stereocenters. The van der Waals surface area contributed by atoms with E-state index >= 15 is 0 Å². The van der Waals surface area contributed by atoms with Crippen molar-refractivity contribution >= 4 is 27.5 Å². The number of unbranched alkanes of at least 4 members (excludes halogenated alkanes) is 1. The predicted molar refractivity (Wildman–Crippen MR) is 105 cm³/mol. The van der Waals surface area contributed by atoms with Crippen LogP contribution in [0.3, 0.4) is 0 Å². The van der Waals surface area contributed by atoms with Gasteiger partial charge in [0.05, 0.1) is 16.8 Å². The summed E-state index contributed by atoms with van der Waals surface area (Å²) in [5, 5.41) is 23.2. The normalized spacial score (nSPS) is 13.2. The van der Waals surface area contributed by atoms with E-state index in [0.29, 0.717) is 36.8 Å². The summed E-state index contributed by atoms with van der Waals surface area (Å²) in [6.45, 7) is 0.771. The van der Waals surface area contributed by atoms with E-state index in [1.54, 1.807) is 12.1 Å². The highest BCUT2D eigenvalue weighted by Gasteiger charge is 2.28. The summed E-state index contributed by atoms with van der Waals surface area (Å²) in [5.74, 6) is -0.382. The average molecular weight is 404 g/mol. The van der Waals surface area contributed by atoms with Crippen molar-refractivity contribution < 1.29 is 24.1 Å². The SMILES string of the molecule is O=C(NCCCCOc1ccc(F)cc1)C(O)C(O)c1nc2ccccc2s1. The molecule has 1 heterocycles. The first-order valence-electron chi connectivity index (χ1n) is 8.92. The van der Waals surface area contributed by atoms with Gasteiger partial charge in [0, 0.05) is 6.54 Å². The maximum atomic E-state index is 12.8. The Bertz CT molecular complexity index is 883. The number of carbonyl (C=O) groups excluding carboxylic acids is 1. The number of aliphatic hydroxyl groups excluding tert-OH is 2. The fourth-order valence-electron chi connectivity index (χ4n) is 2.56. The first kappa shape index (κ1) is 20.2. The molecule has 0 radical (unpaired) electrons. The van der Waals surface area contributed by atoms with Crippen LogP contribution in [0.1, 0.15) is 24.0 Å². The monoisotopic (exact) mass is 404 g/mol. The number of ether oxygens (including phenoxy) is 1. The molecule has 6 nitrogen and oxygen atoms in total. The number of hydrogen-bond acceptors (Lipinski definition) is 6. The molecular weight excluding hydrogens is 383 g/mol. The van der Waals surface area contributed by atoms with Crippen LogP contribution in [0.2, 0.25) is 0 Å². The van der Waals surface area contributed by atoms with Crippen LogP contribution in [-0.2, 0) is 4.79 Å². The van der Waals surface area contributed by atoms with Crippen LogP contribution in [0, 0.1) is 5.82 Å². The number of hydrogen-bond donors (Lipinski definition) is 3. The third-order valence-corrected chi connectivity index (χ3v) is 5.19. The second-order valence-corrected chi connectivity index (χ2v) is 7.27. The van der Waals surface area contributed by atoms with E-state index < -0.39 is 18.1 Å². The van der Waals surface area contributed by atoms with Crippen LogP contribution in [0.15, 0.2) is 48.5 Å². The third kappa shape index (κ3) is 5.25. The molecular formula is C20H21FN2O4S. The Morgan fingerprint density at radius 1 is 1.14 bits per heavy atom. The number of aromatic nitrogens is 1. The van der Waals surface area contributed by atoms with E-state index in [1.165, 1.54) is 23.5 Å². The molecule has 0 saturated heterocycles. The lowest BCUT2D eigenvalue weighted by molar-refractivity contribution is -0.135. The molecule has 148 valence electrons. The van der Waals surface area contributed by atoms with Crippen LogP contribution >= 0.6 is 11.3 Å². The van der Waals surface area contributed by atoms with Gasteiger partial charge in [0.15, 0.2) is 6.10 Å². The standard InChI is InChI=1S/C20H21FN2O4S/c21-13-7-9-14(10-8-13)27-12-4-3-11-22-19(26)17(24)18(25)20-23-15-5-1-2-6-16(15)28-20/h1-2,5-10,17-18,24-25H,3-4,11-12H2,(H,22,26). The molecule has 2 aromatic carbocycles. The minimum atomic E-state index is -1.59. The molecule has 0 aliphatic carbocycles. The number of fused-ring (bicyclic) bond motifs is 1. The highest BCUT2D eigenvalue weighted by atomic mass is 32.1. The van der Waals surface area contributed by atoms with Crippen molar-refractivity contribution in [1.82, 2.24) is 10.3 Å². The second kappa shape index (κ2) is 9.59. The lowest BCUT2D eigenvalue weighted by Gasteiger charge is -2.15. The lowest BCUT2D eigenvalue weighted by Crippen LogP contribution is -2.39. The number of rotatable bonds is 9. The summed E-state index contributed by atoms with van der Waals surface area (Å²) in [6, 6.07) is 13.1. The predicted octanol–water partition coefficient (Wildman–Crippen LogP) is 2.81. The average Bonchev–Trinajstić information content (AvgIpc) is 3.15. The highest BCUT2D eigenvalue weighted by molar-refractivity contribution is 7.18. The molecule has 0 saturated carbocycles. The zero-order valence-corrected chi connectivity index (χ0v) is 15.9. The molecule has 1 aromatic heterocycles. The van der Waals surface area contributed by atoms with Crippen molar-refractivity contribution in [1.29, 1.82) is 0 Å². The van der Waals surface area contributed by atoms with Crippen molar-refractivity contribution in [2.45, 2.75) is 25.0 Å². The molecule has 8 heteroatoms. The maximum absolute atomic E-state index is 12.8. The van der Waals surface area contributed by atoms with E-state index in [-0.39, 0.29) is 5.82 Å². The van der Waals surface area contributed by atoms with Gasteiger partial charge in [0.1, 0.15) is 22.7 Å². The van der Waals surface area contributed by atoms with Gasteiger partial charge in [-0.05, 0) is 49.2 Å². The number of para-hydroxylation sites is 1. The number of nitrogens with zero attached hydrogens (tertiary/aromatic N) is 1. The van der Waals surface area contributed by atoms with Crippen molar-refractivity contribution in [2.75, 3.05) is 13.2 Å². The Morgan fingerprint density at radius 2 is 1.89 bits per heavy atom. The Labute approximate surface area is 165 Å². The van der Waals surface area contributed by atoms with Gasteiger partial charge in [0.25, 0.3) is 5.91 Å². The largest absolute Gasteiger partial charge is 0.494 e. The zero-order chi connectivity index (χ0) is 19.9. The fourth-order valence-corrected chi connectivity index (χ4v) is 3.54. The van der Waals surface area contributed by atoms with Gasteiger partial charge in [-0.1, -0.05) is 12.1 Å². The Morgan fingerprint density at radius 3 is 2.64 bits per heavy atom. The number of thiazole rings is 1. The number of halogens is 1. The molecule has 1 amide bonds. The van der Waals surface area contributed by atoms with Gasteiger partial charge in [-0.15, -0.1) is 11.3 Å². The van der Waals surface area contributed by atoms with Crippen LogP contribution in [0.4, 0.5) is 4.39 Å². The fraction of sp³-hybridized carbons (Fsp3) is 0.300. The smallest absolute Gasteiger partial charge is 0.252 e. The topological polar surface area (TPSA) is 91.7 Å². The van der Waals surface area contributed by atoms with Crippen molar-refractivity contribution in [3.63, 3.8) is 0 Å². The number of benzene rings is 2. The summed E-state index contributed by atoms with van der Waals surface area (Å²) < 4.78 is 19.1. The third-order valence-electron chi connectivity index (χ3n) is 4.08.